The van der Waals surface area contributed by atoms with Crippen LogP contribution in [0.4, 0.5) is 5.69 Å². The average Bonchev–Trinajstić information content (AvgIpc) is 3.08. The van der Waals surface area contributed by atoms with Crippen molar-refractivity contribution in [3.63, 3.8) is 0 Å². The molecule has 1 aromatic rings. The Morgan fingerprint density at radius 1 is 1.29 bits per heavy atom. The number of halogens is 1. The summed E-state index contributed by atoms with van der Waals surface area (Å²) in [6.07, 6.45) is 3.15. The van der Waals surface area contributed by atoms with Crippen LogP contribution in [0.25, 0.3) is 0 Å². The van der Waals surface area contributed by atoms with Crippen molar-refractivity contribution in [2.75, 3.05) is 38.0 Å². The van der Waals surface area contributed by atoms with E-state index in [-0.39, 0.29) is 18.3 Å². The van der Waals surface area contributed by atoms with Crippen LogP contribution in [0.15, 0.2) is 30.3 Å². The highest BCUT2D eigenvalue weighted by Crippen LogP contribution is 2.35. The van der Waals surface area contributed by atoms with Gasteiger partial charge in [0, 0.05) is 31.7 Å². The number of nitrogens with one attached hydrogen (secondary N) is 2. The van der Waals surface area contributed by atoms with E-state index in [2.05, 4.69) is 15.5 Å². The first-order chi connectivity index (χ1) is 9.76. The molecule has 2 N–H and O–H groups in total. The summed E-state index contributed by atoms with van der Waals surface area (Å²) < 4.78 is 0. The van der Waals surface area contributed by atoms with E-state index in [4.69, 9.17) is 0 Å². The lowest BCUT2D eigenvalue weighted by Crippen LogP contribution is -2.31. The molecule has 5 heteroatoms. The first kappa shape index (κ1) is 16.3. The highest BCUT2D eigenvalue weighted by molar-refractivity contribution is 5.90. The summed E-state index contributed by atoms with van der Waals surface area (Å²) in [4.78, 5) is 14.4. The third-order valence-corrected chi connectivity index (χ3v) is 4.56. The number of nitrogens with zero attached hydrogens (tertiary/aromatic N) is 1. The van der Waals surface area contributed by atoms with Gasteiger partial charge in [0.1, 0.15) is 0 Å². The van der Waals surface area contributed by atoms with Gasteiger partial charge in [-0.3, -0.25) is 4.79 Å². The van der Waals surface area contributed by atoms with Crippen LogP contribution in [-0.4, -0.2) is 43.5 Å². The van der Waals surface area contributed by atoms with Crippen LogP contribution >= 0.6 is 12.4 Å². The van der Waals surface area contributed by atoms with Gasteiger partial charge in [0.2, 0.25) is 5.91 Å². The number of carbonyl (C=O) groups excluding carboxylic acids is 1. The Kier molecular flexibility index (Phi) is 5.62. The molecule has 21 heavy (non-hydrogen) atoms. The van der Waals surface area contributed by atoms with E-state index in [1.165, 1.54) is 12.8 Å². The third-order valence-electron chi connectivity index (χ3n) is 4.56. The van der Waals surface area contributed by atoms with Crippen LogP contribution < -0.4 is 10.6 Å². The number of anilines is 1. The molecule has 1 aromatic carbocycles. The molecule has 3 rings (SSSR count). The second-order valence-electron chi connectivity index (χ2n) is 6.12. The molecule has 2 fully saturated rings. The van der Waals surface area contributed by atoms with Crippen molar-refractivity contribution in [2.24, 2.45) is 5.41 Å². The van der Waals surface area contributed by atoms with Crippen molar-refractivity contribution >= 4 is 24.0 Å². The predicted octanol–water partition coefficient (Wildman–Crippen LogP) is 2.12. The SMILES string of the molecule is Cl.O=C(CCN1CCC2(CCNC2)C1)Nc1ccccc1. The van der Waals surface area contributed by atoms with Crippen LogP contribution in [-0.2, 0) is 4.79 Å². The maximum absolute atomic E-state index is 11.9. The zero-order chi connectivity index (χ0) is 13.8. The first-order valence-corrected chi connectivity index (χ1v) is 7.54. The zero-order valence-corrected chi connectivity index (χ0v) is 13.1. The molecule has 4 nitrogen and oxygen atoms in total. The molecular formula is C16H24ClN3O. The maximum atomic E-state index is 11.9. The fraction of sp³-hybridized carbons (Fsp3) is 0.562. The summed E-state index contributed by atoms with van der Waals surface area (Å²) in [5, 5.41) is 6.42. The van der Waals surface area contributed by atoms with Crippen molar-refractivity contribution in [3.05, 3.63) is 30.3 Å². The number of benzene rings is 1. The number of likely N-dealkylation sites (tertiary alicyclic amines) is 1. The van der Waals surface area contributed by atoms with Crippen molar-refractivity contribution in [1.82, 2.24) is 10.2 Å². The smallest absolute Gasteiger partial charge is 0.225 e. The lowest BCUT2D eigenvalue weighted by molar-refractivity contribution is -0.116. The van der Waals surface area contributed by atoms with Crippen molar-refractivity contribution in [2.45, 2.75) is 19.3 Å². The third kappa shape index (κ3) is 4.19. The lowest BCUT2D eigenvalue weighted by Gasteiger charge is -2.22. The van der Waals surface area contributed by atoms with Gasteiger partial charge in [0.15, 0.2) is 0 Å². The molecule has 0 aliphatic carbocycles. The van der Waals surface area contributed by atoms with Gasteiger partial charge in [-0.05, 0) is 43.5 Å². The minimum Gasteiger partial charge on any atom is -0.326 e. The van der Waals surface area contributed by atoms with Gasteiger partial charge >= 0.3 is 0 Å². The van der Waals surface area contributed by atoms with Gasteiger partial charge in [-0.25, -0.2) is 0 Å². The number of para-hydroxylation sites is 1. The summed E-state index contributed by atoms with van der Waals surface area (Å²) in [6, 6.07) is 9.68. The first-order valence-electron chi connectivity index (χ1n) is 7.54. The predicted molar refractivity (Wildman–Crippen MR) is 87.9 cm³/mol. The van der Waals surface area contributed by atoms with Crippen molar-refractivity contribution in [1.29, 1.82) is 0 Å². The lowest BCUT2D eigenvalue weighted by atomic mass is 9.87. The van der Waals surface area contributed by atoms with E-state index in [1.54, 1.807) is 0 Å². The Hall–Kier alpha value is -1.10. The van der Waals surface area contributed by atoms with E-state index in [0.717, 1.165) is 38.4 Å². The fourth-order valence-electron chi connectivity index (χ4n) is 3.37. The molecule has 2 heterocycles. The second-order valence-corrected chi connectivity index (χ2v) is 6.12. The zero-order valence-electron chi connectivity index (χ0n) is 12.3. The molecule has 1 unspecified atom stereocenters. The van der Waals surface area contributed by atoms with E-state index < -0.39 is 0 Å². The molecule has 1 atom stereocenters. The van der Waals surface area contributed by atoms with E-state index in [1.807, 2.05) is 30.3 Å². The minimum absolute atomic E-state index is 0. The molecule has 2 aliphatic rings. The number of amides is 1. The average molecular weight is 310 g/mol. The van der Waals surface area contributed by atoms with Crippen LogP contribution in [0.2, 0.25) is 0 Å². The van der Waals surface area contributed by atoms with Gasteiger partial charge in [-0.1, -0.05) is 18.2 Å². The van der Waals surface area contributed by atoms with E-state index in [0.29, 0.717) is 11.8 Å². The topological polar surface area (TPSA) is 44.4 Å². The number of hydrogen-bond donors (Lipinski definition) is 2. The largest absolute Gasteiger partial charge is 0.326 e. The second kappa shape index (κ2) is 7.25. The molecule has 116 valence electrons. The summed E-state index contributed by atoms with van der Waals surface area (Å²) in [5.41, 5.74) is 1.38. The van der Waals surface area contributed by atoms with Gasteiger partial charge in [-0.2, -0.15) is 0 Å². The van der Waals surface area contributed by atoms with Gasteiger partial charge in [0.25, 0.3) is 0 Å². The van der Waals surface area contributed by atoms with Crippen LogP contribution in [0, 0.1) is 5.41 Å². The molecule has 1 spiro atoms. The fourth-order valence-corrected chi connectivity index (χ4v) is 3.37. The van der Waals surface area contributed by atoms with Crippen LogP contribution in [0.3, 0.4) is 0 Å². The quantitative estimate of drug-likeness (QED) is 0.895. The molecule has 0 radical (unpaired) electrons. The van der Waals surface area contributed by atoms with Crippen LogP contribution in [0.1, 0.15) is 19.3 Å². The number of carbonyl (C=O) groups is 1. The highest BCUT2D eigenvalue weighted by Gasteiger charge is 2.39. The summed E-state index contributed by atoms with van der Waals surface area (Å²) in [7, 11) is 0. The molecule has 2 aliphatic heterocycles. The number of rotatable bonds is 4. The molecule has 0 bridgehead atoms. The Bertz CT molecular complexity index is 460. The highest BCUT2D eigenvalue weighted by atomic mass is 35.5. The normalized spacial score (nSPS) is 25.0. The summed E-state index contributed by atoms with van der Waals surface area (Å²) in [6.45, 7) is 5.47. The molecule has 2 saturated heterocycles. The monoisotopic (exact) mass is 309 g/mol. The van der Waals surface area contributed by atoms with E-state index in [9.17, 15) is 4.79 Å². The Morgan fingerprint density at radius 3 is 2.81 bits per heavy atom. The minimum atomic E-state index is 0. The van der Waals surface area contributed by atoms with Crippen molar-refractivity contribution < 1.29 is 4.79 Å². The van der Waals surface area contributed by atoms with Crippen molar-refractivity contribution in [3.8, 4) is 0 Å². The molecular weight excluding hydrogens is 286 g/mol. The van der Waals surface area contributed by atoms with Gasteiger partial charge < -0.3 is 15.5 Å². The maximum Gasteiger partial charge on any atom is 0.225 e. The van der Waals surface area contributed by atoms with E-state index >= 15 is 0 Å². The van der Waals surface area contributed by atoms with Gasteiger partial charge in [-0.15, -0.1) is 12.4 Å². The Labute approximate surface area is 132 Å². The number of hydrogen-bond acceptors (Lipinski definition) is 3. The van der Waals surface area contributed by atoms with Gasteiger partial charge in [0.05, 0.1) is 0 Å². The molecule has 1 amide bonds. The molecule has 0 aromatic heterocycles. The molecule has 0 saturated carbocycles. The standard InChI is InChI=1S/C16H23N3O.ClH/c20-15(18-14-4-2-1-3-5-14)6-10-19-11-8-16(13-19)7-9-17-12-16;/h1-5,17H,6-13H2,(H,18,20);1H. The van der Waals surface area contributed by atoms with Crippen LogP contribution in [0.5, 0.6) is 0 Å². The summed E-state index contributed by atoms with van der Waals surface area (Å²) >= 11 is 0. The Morgan fingerprint density at radius 2 is 2.10 bits per heavy atom. The summed E-state index contributed by atoms with van der Waals surface area (Å²) in [5.74, 6) is 0.113. The Balaban J connectivity index is 0.00000161.